The molecule has 1 amide bonds. The Morgan fingerprint density at radius 1 is 1.13 bits per heavy atom. The molecule has 1 aliphatic heterocycles. The average molecular weight is 327 g/mol. The van der Waals surface area contributed by atoms with Gasteiger partial charge < -0.3 is 4.74 Å². The number of para-hydroxylation sites is 1. The summed E-state index contributed by atoms with van der Waals surface area (Å²) in [4.78, 5) is 25.6. The van der Waals surface area contributed by atoms with Gasteiger partial charge in [0.05, 0.1) is 19.3 Å². The number of methoxy groups -OCH3 is 1. The van der Waals surface area contributed by atoms with Gasteiger partial charge in [-0.25, -0.2) is 0 Å². The molecule has 2 aromatic rings. The van der Waals surface area contributed by atoms with Crippen molar-refractivity contribution in [1.29, 1.82) is 0 Å². The molecule has 0 bridgehead atoms. The zero-order chi connectivity index (χ0) is 16.3. The second kappa shape index (κ2) is 6.46. The first-order valence-electron chi connectivity index (χ1n) is 7.32. The van der Waals surface area contributed by atoms with E-state index in [1.165, 1.54) is 18.9 Å². The number of benzene rings is 2. The Kier molecular flexibility index (Phi) is 4.39. The summed E-state index contributed by atoms with van der Waals surface area (Å²) < 4.78 is 4.89. The Balaban J connectivity index is 2.13. The smallest absolute Gasteiger partial charge is 0.309 e. The molecule has 0 radical (unpaired) electrons. The third-order valence-corrected chi connectivity index (χ3v) is 5.33. The fourth-order valence-corrected chi connectivity index (χ4v) is 4.20. The van der Waals surface area contributed by atoms with Crippen LogP contribution in [0.15, 0.2) is 60.7 Å². The van der Waals surface area contributed by atoms with Crippen LogP contribution in [-0.2, 0) is 19.2 Å². The molecule has 0 aromatic heterocycles. The number of rotatable bonds is 4. The van der Waals surface area contributed by atoms with Gasteiger partial charge in [0.2, 0.25) is 5.91 Å². The molecule has 3 rings (SSSR count). The predicted molar refractivity (Wildman–Crippen MR) is 91.1 cm³/mol. The van der Waals surface area contributed by atoms with Gasteiger partial charge in [0, 0.05) is 5.69 Å². The van der Waals surface area contributed by atoms with Gasteiger partial charge in [-0.1, -0.05) is 48.5 Å². The molecule has 0 N–H and O–H groups in total. The lowest BCUT2D eigenvalue weighted by atomic mass is 10.00. The normalized spacial score (nSPS) is 20.6. The van der Waals surface area contributed by atoms with Crippen LogP contribution in [0, 0.1) is 0 Å². The predicted octanol–water partition coefficient (Wildman–Crippen LogP) is 3.18. The molecule has 1 atom stereocenters. The molecule has 4 nitrogen and oxygen atoms in total. The lowest BCUT2D eigenvalue weighted by Crippen LogP contribution is -2.44. The monoisotopic (exact) mass is 327 g/mol. The van der Waals surface area contributed by atoms with Gasteiger partial charge in [-0.15, -0.1) is 11.8 Å². The van der Waals surface area contributed by atoms with Crippen molar-refractivity contribution in [2.24, 2.45) is 0 Å². The van der Waals surface area contributed by atoms with E-state index in [0.29, 0.717) is 5.75 Å². The number of carbonyl (C=O) groups is 2. The number of hydrogen-bond acceptors (Lipinski definition) is 4. The summed E-state index contributed by atoms with van der Waals surface area (Å²) in [6, 6.07) is 19.1. The third-order valence-electron chi connectivity index (χ3n) is 3.90. The molecule has 1 saturated heterocycles. The van der Waals surface area contributed by atoms with E-state index in [0.717, 1.165) is 11.3 Å². The lowest BCUT2D eigenvalue weighted by Gasteiger charge is -2.37. The van der Waals surface area contributed by atoms with E-state index >= 15 is 0 Å². The van der Waals surface area contributed by atoms with Crippen molar-refractivity contribution in [2.45, 2.75) is 11.3 Å². The maximum atomic E-state index is 12.6. The summed E-state index contributed by atoms with van der Waals surface area (Å²) in [5.74, 6) is -0.00761. The Bertz CT molecular complexity index is 705. The van der Waals surface area contributed by atoms with Crippen LogP contribution in [0.3, 0.4) is 0 Å². The molecule has 0 saturated carbocycles. The molecule has 1 aliphatic rings. The Morgan fingerprint density at radius 2 is 1.74 bits per heavy atom. The van der Waals surface area contributed by atoms with E-state index in [4.69, 9.17) is 4.74 Å². The molecule has 23 heavy (non-hydrogen) atoms. The van der Waals surface area contributed by atoms with Crippen molar-refractivity contribution in [3.63, 3.8) is 0 Å². The van der Waals surface area contributed by atoms with E-state index < -0.39 is 4.87 Å². The second-order valence-electron chi connectivity index (χ2n) is 5.26. The van der Waals surface area contributed by atoms with Crippen LogP contribution < -0.4 is 4.90 Å². The Labute approximate surface area is 139 Å². The van der Waals surface area contributed by atoms with Crippen LogP contribution in [-0.4, -0.2) is 24.7 Å². The van der Waals surface area contributed by atoms with Crippen molar-refractivity contribution in [2.75, 3.05) is 17.8 Å². The van der Waals surface area contributed by atoms with E-state index in [1.54, 1.807) is 4.90 Å². The van der Waals surface area contributed by atoms with Gasteiger partial charge in [-0.2, -0.15) is 0 Å². The SMILES string of the molecule is COC(=O)C[C@@]1(c2ccccc2)SCC(=O)N1c1ccccc1. The summed E-state index contributed by atoms with van der Waals surface area (Å²) in [6.07, 6.45) is 0.110. The maximum absolute atomic E-state index is 12.6. The van der Waals surface area contributed by atoms with Crippen LogP contribution in [0.4, 0.5) is 5.69 Å². The minimum atomic E-state index is -0.771. The highest BCUT2D eigenvalue weighted by atomic mass is 32.2. The number of thioether (sulfide) groups is 1. The Morgan fingerprint density at radius 3 is 2.35 bits per heavy atom. The number of ether oxygens (including phenoxy) is 1. The topological polar surface area (TPSA) is 46.6 Å². The highest BCUT2D eigenvalue weighted by Gasteiger charge is 2.50. The molecule has 118 valence electrons. The number of anilines is 1. The van der Waals surface area contributed by atoms with Gasteiger partial charge in [-0.05, 0) is 17.7 Å². The number of hydrogen-bond donors (Lipinski definition) is 0. The second-order valence-corrected chi connectivity index (χ2v) is 6.51. The molecule has 1 fully saturated rings. The van der Waals surface area contributed by atoms with E-state index in [-0.39, 0.29) is 18.3 Å². The van der Waals surface area contributed by atoms with E-state index in [1.807, 2.05) is 60.7 Å². The van der Waals surface area contributed by atoms with Gasteiger partial charge in [0.15, 0.2) is 0 Å². The van der Waals surface area contributed by atoms with Gasteiger partial charge in [0.1, 0.15) is 4.87 Å². The lowest BCUT2D eigenvalue weighted by molar-refractivity contribution is -0.141. The third kappa shape index (κ3) is 2.84. The number of esters is 1. The van der Waals surface area contributed by atoms with Crippen molar-refractivity contribution in [3.8, 4) is 0 Å². The standard InChI is InChI=1S/C18H17NO3S/c1-22-17(21)12-18(14-8-4-2-5-9-14)19(16(20)13-23-18)15-10-6-3-7-11-15/h2-11H,12-13H2,1H3/t18-/m0/s1. The zero-order valence-electron chi connectivity index (χ0n) is 12.8. The van der Waals surface area contributed by atoms with Crippen LogP contribution in [0.5, 0.6) is 0 Å². The largest absolute Gasteiger partial charge is 0.469 e. The number of nitrogens with zero attached hydrogens (tertiary/aromatic N) is 1. The quantitative estimate of drug-likeness (QED) is 0.809. The highest BCUT2D eigenvalue weighted by Crippen LogP contribution is 2.50. The summed E-state index contributed by atoms with van der Waals surface area (Å²) in [5, 5.41) is 0. The van der Waals surface area contributed by atoms with Crippen LogP contribution in [0.25, 0.3) is 0 Å². The summed E-state index contributed by atoms with van der Waals surface area (Å²) in [6.45, 7) is 0. The van der Waals surface area contributed by atoms with Crippen LogP contribution in [0.1, 0.15) is 12.0 Å². The maximum Gasteiger partial charge on any atom is 0.309 e. The van der Waals surface area contributed by atoms with Crippen molar-refractivity contribution < 1.29 is 14.3 Å². The number of amides is 1. The molecule has 1 heterocycles. The van der Waals surface area contributed by atoms with Gasteiger partial charge in [0.25, 0.3) is 0 Å². The first-order chi connectivity index (χ1) is 11.2. The first kappa shape index (κ1) is 15.6. The zero-order valence-corrected chi connectivity index (χ0v) is 13.6. The van der Waals surface area contributed by atoms with E-state index in [2.05, 4.69) is 0 Å². The molecular formula is C18H17NO3S. The van der Waals surface area contributed by atoms with Gasteiger partial charge in [-0.3, -0.25) is 14.5 Å². The van der Waals surface area contributed by atoms with E-state index in [9.17, 15) is 9.59 Å². The average Bonchev–Trinajstić information content (AvgIpc) is 2.93. The molecule has 0 unspecified atom stereocenters. The summed E-state index contributed by atoms with van der Waals surface area (Å²) >= 11 is 1.47. The fourth-order valence-electron chi connectivity index (χ4n) is 2.85. The van der Waals surface area contributed by atoms with Crippen LogP contribution in [0.2, 0.25) is 0 Å². The van der Waals surface area contributed by atoms with Crippen molar-refractivity contribution in [3.05, 3.63) is 66.2 Å². The molecule has 0 spiro atoms. The van der Waals surface area contributed by atoms with Gasteiger partial charge >= 0.3 is 5.97 Å². The molecule has 2 aromatic carbocycles. The Hall–Kier alpha value is -2.27. The summed E-state index contributed by atoms with van der Waals surface area (Å²) in [7, 11) is 1.37. The minimum Gasteiger partial charge on any atom is -0.469 e. The highest BCUT2D eigenvalue weighted by molar-refractivity contribution is 8.01. The molecule has 5 heteroatoms. The molecule has 0 aliphatic carbocycles. The number of carbonyl (C=O) groups excluding carboxylic acids is 2. The fraction of sp³-hybridized carbons (Fsp3) is 0.222. The van der Waals surface area contributed by atoms with Crippen LogP contribution >= 0.6 is 11.8 Å². The first-order valence-corrected chi connectivity index (χ1v) is 8.30. The van der Waals surface area contributed by atoms with Crippen molar-refractivity contribution >= 4 is 29.3 Å². The summed E-state index contributed by atoms with van der Waals surface area (Å²) in [5.41, 5.74) is 1.71. The minimum absolute atomic E-state index is 0.00560. The molecular weight excluding hydrogens is 310 g/mol. The van der Waals surface area contributed by atoms with Crippen molar-refractivity contribution in [1.82, 2.24) is 0 Å².